The summed E-state index contributed by atoms with van der Waals surface area (Å²) < 4.78 is 0. The molecule has 1 heterocycles. The largest absolute Gasteiger partial charge is 0.378 e. The van der Waals surface area contributed by atoms with Crippen LogP contribution >= 0.6 is 0 Å². The second-order valence-electron chi connectivity index (χ2n) is 5.23. The van der Waals surface area contributed by atoms with E-state index >= 15 is 0 Å². The SMILES string of the molecule is CN(C)c1ccc(-c2nc(C3CC3)cc(=O)[nH]2)cc1. The van der Waals surface area contributed by atoms with Gasteiger partial charge in [0.2, 0.25) is 0 Å². The van der Waals surface area contributed by atoms with E-state index < -0.39 is 0 Å². The molecule has 19 heavy (non-hydrogen) atoms. The van der Waals surface area contributed by atoms with Gasteiger partial charge in [0.15, 0.2) is 0 Å². The first-order valence-corrected chi connectivity index (χ1v) is 6.52. The van der Waals surface area contributed by atoms with Crippen molar-refractivity contribution in [3.8, 4) is 11.4 Å². The molecule has 1 aliphatic rings. The molecule has 98 valence electrons. The number of rotatable bonds is 3. The van der Waals surface area contributed by atoms with Gasteiger partial charge in [0.25, 0.3) is 5.56 Å². The van der Waals surface area contributed by atoms with Crippen LogP contribution in [0.25, 0.3) is 11.4 Å². The van der Waals surface area contributed by atoms with E-state index in [1.54, 1.807) is 6.07 Å². The second kappa shape index (κ2) is 4.53. The number of benzene rings is 1. The van der Waals surface area contributed by atoms with E-state index in [2.05, 4.69) is 9.97 Å². The lowest BCUT2D eigenvalue weighted by atomic mass is 10.1. The van der Waals surface area contributed by atoms with Crippen LogP contribution in [-0.2, 0) is 0 Å². The van der Waals surface area contributed by atoms with Crippen LogP contribution < -0.4 is 10.5 Å². The summed E-state index contributed by atoms with van der Waals surface area (Å²) in [5.41, 5.74) is 2.94. The molecule has 0 unspecified atom stereocenters. The molecule has 0 saturated heterocycles. The smallest absolute Gasteiger partial charge is 0.251 e. The molecule has 1 aromatic carbocycles. The number of anilines is 1. The highest BCUT2D eigenvalue weighted by atomic mass is 16.1. The molecular weight excluding hydrogens is 238 g/mol. The Bertz CT molecular complexity index is 639. The van der Waals surface area contributed by atoms with Gasteiger partial charge in [-0.1, -0.05) is 0 Å². The van der Waals surface area contributed by atoms with E-state index in [1.165, 1.54) is 0 Å². The van der Waals surface area contributed by atoms with Gasteiger partial charge in [-0.3, -0.25) is 4.79 Å². The first-order valence-electron chi connectivity index (χ1n) is 6.52. The van der Waals surface area contributed by atoms with Gasteiger partial charge < -0.3 is 9.88 Å². The van der Waals surface area contributed by atoms with Crippen molar-refractivity contribution in [2.75, 3.05) is 19.0 Å². The molecule has 0 aliphatic heterocycles. The molecule has 1 aliphatic carbocycles. The van der Waals surface area contributed by atoms with Gasteiger partial charge in [0.05, 0.1) is 5.69 Å². The number of nitrogens with one attached hydrogen (secondary N) is 1. The maximum Gasteiger partial charge on any atom is 0.251 e. The van der Waals surface area contributed by atoms with E-state index in [-0.39, 0.29) is 5.56 Å². The minimum atomic E-state index is -0.0661. The van der Waals surface area contributed by atoms with Crippen molar-refractivity contribution in [3.63, 3.8) is 0 Å². The van der Waals surface area contributed by atoms with E-state index in [1.807, 2.05) is 43.3 Å². The maximum absolute atomic E-state index is 11.7. The van der Waals surface area contributed by atoms with Crippen molar-refractivity contribution >= 4 is 5.69 Å². The quantitative estimate of drug-likeness (QED) is 0.916. The minimum Gasteiger partial charge on any atom is -0.378 e. The molecule has 4 nitrogen and oxygen atoms in total. The van der Waals surface area contributed by atoms with Crippen molar-refractivity contribution in [2.45, 2.75) is 18.8 Å². The summed E-state index contributed by atoms with van der Waals surface area (Å²) in [7, 11) is 4.01. The summed E-state index contributed by atoms with van der Waals surface area (Å²) >= 11 is 0. The van der Waals surface area contributed by atoms with Gasteiger partial charge in [-0.05, 0) is 37.1 Å². The summed E-state index contributed by atoms with van der Waals surface area (Å²) in [6.45, 7) is 0. The number of aromatic nitrogens is 2. The summed E-state index contributed by atoms with van der Waals surface area (Å²) in [5, 5.41) is 0. The third kappa shape index (κ3) is 2.52. The number of H-pyrrole nitrogens is 1. The van der Waals surface area contributed by atoms with Crippen molar-refractivity contribution < 1.29 is 0 Å². The number of aromatic amines is 1. The highest BCUT2D eigenvalue weighted by Crippen LogP contribution is 2.38. The Hall–Kier alpha value is -2.10. The van der Waals surface area contributed by atoms with E-state index in [4.69, 9.17) is 0 Å². The third-order valence-electron chi connectivity index (χ3n) is 3.41. The zero-order chi connectivity index (χ0) is 13.4. The topological polar surface area (TPSA) is 49.0 Å². The highest BCUT2D eigenvalue weighted by molar-refractivity contribution is 5.60. The molecule has 3 rings (SSSR count). The zero-order valence-electron chi connectivity index (χ0n) is 11.2. The van der Waals surface area contributed by atoms with Gasteiger partial charge in [0, 0.05) is 37.3 Å². The van der Waals surface area contributed by atoms with Crippen LogP contribution in [0, 0.1) is 0 Å². The monoisotopic (exact) mass is 255 g/mol. The van der Waals surface area contributed by atoms with Crippen molar-refractivity contribution in [2.24, 2.45) is 0 Å². The van der Waals surface area contributed by atoms with Crippen LogP contribution in [0.1, 0.15) is 24.5 Å². The molecule has 0 amide bonds. The predicted octanol–water partition coefficient (Wildman–Crippen LogP) is 2.38. The van der Waals surface area contributed by atoms with Crippen LogP contribution in [0.2, 0.25) is 0 Å². The molecule has 2 aromatic rings. The van der Waals surface area contributed by atoms with Crippen molar-refractivity contribution in [1.29, 1.82) is 0 Å². The van der Waals surface area contributed by atoms with Crippen molar-refractivity contribution in [1.82, 2.24) is 9.97 Å². The molecule has 1 fully saturated rings. The lowest BCUT2D eigenvalue weighted by Gasteiger charge is -2.12. The fourth-order valence-electron chi connectivity index (χ4n) is 2.12. The minimum absolute atomic E-state index is 0.0661. The van der Waals surface area contributed by atoms with Crippen LogP contribution in [0.5, 0.6) is 0 Å². The lowest BCUT2D eigenvalue weighted by Crippen LogP contribution is -2.10. The first-order chi connectivity index (χ1) is 9.13. The predicted molar refractivity (Wildman–Crippen MR) is 76.6 cm³/mol. The zero-order valence-corrected chi connectivity index (χ0v) is 11.2. The lowest BCUT2D eigenvalue weighted by molar-refractivity contribution is 0.977. The second-order valence-corrected chi connectivity index (χ2v) is 5.23. The van der Waals surface area contributed by atoms with Crippen molar-refractivity contribution in [3.05, 3.63) is 46.4 Å². The standard InChI is InChI=1S/C15H17N3O/c1-18(2)12-7-5-11(6-8-12)15-16-13(10-3-4-10)9-14(19)17-15/h5-10H,3-4H2,1-2H3,(H,16,17,19). The van der Waals surface area contributed by atoms with Gasteiger partial charge in [-0.15, -0.1) is 0 Å². The van der Waals surface area contributed by atoms with E-state index in [0.29, 0.717) is 11.7 Å². The van der Waals surface area contributed by atoms with Gasteiger partial charge in [-0.25, -0.2) is 4.98 Å². The number of hydrogen-bond donors (Lipinski definition) is 1. The summed E-state index contributed by atoms with van der Waals surface area (Å²) in [4.78, 5) is 21.1. The summed E-state index contributed by atoms with van der Waals surface area (Å²) in [6.07, 6.45) is 2.30. The first kappa shape index (κ1) is 12.0. The fraction of sp³-hybridized carbons (Fsp3) is 0.333. The fourth-order valence-corrected chi connectivity index (χ4v) is 2.12. The summed E-state index contributed by atoms with van der Waals surface area (Å²) in [5.74, 6) is 1.15. The molecule has 1 aromatic heterocycles. The average Bonchev–Trinajstić information content (AvgIpc) is 3.22. The Kier molecular flexibility index (Phi) is 2.85. The Morgan fingerprint density at radius 1 is 1.21 bits per heavy atom. The maximum atomic E-state index is 11.7. The van der Waals surface area contributed by atoms with Gasteiger partial charge in [0.1, 0.15) is 5.82 Å². The molecule has 0 atom stereocenters. The molecular formula is C15H17N3O. The Morgan fingerprint density at radius 2 is 1.89 bits per heavy atom. The Labute approximate surface area is 112 Å². The highest BCUT2D eigenvalue weighted by Gasteiger charge is 2.25. The van der Waals surface area contributed by atoms with Crippen LogP contribution in [0.4, 0.5) is 5.69 Å². The van der Waals surface area contributed by atoms with Gasteiger partial charge >= 0.3 is 0 Å². The normalized spacial score (nSPS) is 14.4. The molecule has 0 radical (unpaired) electrons. The number of nitrogens with zero attached hydrogens (tertiary/aromatic N) is 2. The van der Waals surface area contributed by atoms with E-state index in [0.717, 1.165) is 29.8 Å². The van der Waals surface area contributed by atoms with Crippen LogP contribution in [-0.4, -0.2) is 24.1 Å². The molecule has 0 spiro atoms. The molecule has 1 N–H and O–H groups in total. The molecule has 1 saturated carbocycles. The average molecular weight is 255 g/mol. The molecule has 0 bridgehead atoms. The van der Waals surface area contributed by atoms with Crippen LogP contribution in [0.15, 0.2) is 35.1 Å². The van der Waals surface area contributed by atoms with Gasteiger partial charge in [-0.2, -0.15) is 0 Å². The molecule has 4 heteroatoms. The third-order valence-corrected chi connectivity index (χ3v) is 3.41. The van der Waals surface area contributed by atoms with Crippen LogP contribution in [0.3, 0.4) is 0 Å². The Morgan fingerprint density at radius 3 is 2.47 bits per heavy atom. The summed E-state index contributed by atoms with van der Waals surface area (Å²) in [6, 6.07) is 9.65. The van der Waals surface area contributed by atoms with E-state index in [9.17, 15) is 4.79 Å². The Balaban J connectivity index is 1.98. The number of hydrogen-bond acceptors (Lipinski definition) is 3.